The van der Waals surface area contributed by atoms with E-state index >= 15 is 0 Å². The highest BCUT2D eigenvalue weighted by Crippen LogP contribution is 2.18. The summed E-state index contributed by atoms with van der Waals surface area (Å²) in [6, 6.07) is 7.75. The number of hydrogen-bond donors (Lipinski definition) is 2. The zero-order valence-corrected chi connectivity index (χ0v) is 12.6. The van der Waals surface area contributed by atoms with Gasteiger partial charge >= 0.3 is 0 Å². The number of carbonyl (C=O) groups excluding carboxylic acids is 1. The van der Waals surface area contributed by atoms with Crippen LogP contribution >= 0.6 is 0 Å². The summed E-state index contributed by atoms with van der Waals surface area (Å²) in [6.45, 7) is 3.84. The van der Waals surface area contributed by atoms with E-state index in [0.29, 0.717) is 17.8 Å². The zero-order chi connectivity index (χ0) is 15.4. The molecule has 21 heavy (non-hydrogen) atoms. The molecule has 0 spiro atoms. The SMILES string of the molecule is Cc1ccc(C(CCO)NC(=O)c2c(C)ncn2C)cc1. The minimum absolute atomic E-state index is 0.0171. The van der Waals surface area contributed by atoms with E-state index in [9.17, 15) is 9.90 Å². The van der Waals surface area contributed by atoms with Crippen molar-refractivity contribution < 1.29 is 9.90 Å². The number of carbonyl (C=O) groups is 1. The molecule has 2 aromatic rings. The smallest absolute Gasteiger partial charge is 0.270 e. The molecule has 2 rings (SSSR count). The van der Waals surface area contributed by atoms with E-state index in [0.717, 1.165) is 11.1 Å². The van der Waals surface area contributed by atoms with Crippen LogP contribution in [-0.2, 0) is 7.05 Å². The number of nitrogens with zero attached hydrogens (tertiary/aromatic N) is 2. The summed E-state index contributed by atoms with van der Waals surface area (Å²) in [5.74, 6) is -0.175. The zero-order valence-electron chi connectivity index (χ0n) is 12.6. The van der Waals surface area contributed by atoms with Crippen LogP contribution in [0, 0.1) is 13.8 Å². The van der Waals surface area contributed by atoms with E-state index in [1.54, 1.807) is 17.9 Å². The Kier molecular flexibility index (Phi) is 4.75. The van der Waals surface area contributed by atoms with Crippen molar-refractivity contribution in [3.05, 3.63) is 53.1 Å². The summed E-state index contributed by atoms with van der Waals surface area (Å²) in [6.07, 6.45) is 2.10. The molecule has 0 bridgehead atoms. The van der Waals surface area contributed by atoms with Gasteiger partial charge in [0.2, 0.25) is 0 Å². The Balaban J connectivity index is 2.20. The van der Waals surface area contributed by atoms with E-state index in [1.165, 1.54) is 0 Å². The first-order valence-electron chi connectivity index (χ1n) is 6.99. The molecule has 1 unspecified atom stereocenters. The third kappa shape index (κ3) is 3.49. The second kappa shape index (κ2) is 6.54. The van der Waals surface area contributed by atoms with Crippen molar-refractivity contribution in [1.82, 2.24) is 14.9 Å². The fraction of sp³-hybridized carbons (Fsp3) is 0.375. The molecule has 112 valence electrons. The van der Waals surface area contributed by atoms with Gasteiger partial charge in [-0.2, -0.15) is 0 Å². The maximum absolute atomic E-state index is 12.4. The highest BCUT2D eigenvalue weighted by molar-refractivity contribution is 5.93. The number of aryl methyl sites for hydroxylation is 3. The van der Waals surface area contributed by atoms with Crippen LogP contribution < -0.4 is 5.32 Å². The van der Waals surface area contributed by atoms with Crippen LogP contribution in [0.3, 0.4) is 0 Å². The van der Waals surface area contributed by atoms with Crippen LogP contribution in [-0.4, -0.2) is 27.2 Å². The van der Waals surface area contributed by atoms with Crippen LogP contribution in [0.4, 0.5) is 0 Å². The molecule has 1 aromatic carbocycles. The molecule has 0 fully saturated rings. The Hall–Kier alpha value is -2.14. The molecule has 0 radical (unpaired) electrons. The second-order valence-electron chi connectivity index (χ2n) is 5.24. The molecular formula is C16H21N3O2. The standard InChI is InChI=1S/C16H21N3O2/c1-11-4-6-13(7-5-11)14(8-9-20)18-16(21)15-12(2)17-10-19(15)3/h4-7,10,14,20H,8-9H2,1-3H3,(H,18,21). The quantitative estimate of drug-likeness (QED) is 0.882. The first kappa shape index (κ1) is 15.3. The monoisotopic (exact) mass is 287 g/mol. The largest absolute Gasteiger partial charge is 0.396 e. The number of imidazole rings is 1. The lowest BCUT2D eigenvalue weighted by molar-refractivity contribution is 0.0921. The molecule has 5 heteroatoms. The van der Waals surface area contributed by atoms with Gasteiger partial charge in [-0.1, -0.05) is 29.8 Å². The van der Waals surface area contributed by atoms with Crippen molar-refractivity contribution in [2.45, 2.75) is 26.3 Å². The van der Waals surface area contributed by atoms with E-state index < -0.39 is 0 Å². The molecule has 1 heterocycles. The molecule has 5 nitrogen and oxygen atoms in total. The predicted molar refractivity (Wildman–Crippen MR) is 81.0 cm³/mol. The van der Waals surface area contributed by atoms with Crippen molar-refractivity contribution in [3.8, 4) is 0 Å². The molecule has 0 aliphatic heterocycles. The van der Waals surface area contributed by atoms with Crippen LogP contribution in [0.15, 0.2) is 30.6 Å². The fourth-order valence-electron chi connectivity index (χ4n) is 2.35. The molecule has 1 amide bonds. The Morgan fingerprint density at radius 3 is 2.52 bits per heavy atom. The van der Waals surface area contributed by atoms with Gasteiger partial charge < -0.3 is 15.0 Å². The van der Waals surface area contributed by atoms with Gasteiger partial charge in [-0.25, -0.2) is 4.98 Å². The van der Waals surface area contributed by atoms with Gasteiger partial charge in [0, 0.05) is 13.7 Å². The summed E-state index contributed by atoms with van der Waals surface area (Å²) >= 11 is 0. The van der Waals surface area contributed by atoms with E-state index in [-0.39, 0.29) is 18.6 Å². The number of aliphatic hydroxyl groups is 1. The molecule has 1 atom stereocenters. The number of amides is 1. The first-order chi connectivity index (χ1) is 10.0. The van der Waals surface area contributed by atoms with Gasteiger partial charge in [0.1, 0.15) is 5.69 Å². The third-order valence-corrected chi connectivity index (χ3v) is 3.54. The van der Waals surface area contributed by atoms with Crippen molar-refractivity contribution in [2.24, 2.45) is 7.05 Å². The number of aromatic nitrogens is 2. The minimum Gasteiger partial charge on any atom is -0.396 e. The third-order valence-electron chi connectivity index (χ3n) is 3.54. The molecule has 0 saturated heterocycles. The molecular weight excluding hydrogens is 266 g/mol. The Labute approximate surface area is 124 Å². The molecule has 0 saturated carbocycles. The Bertz CT molecular complexity index is 597. The minimum atomic E-state index is -0.211. The average Bonchev–Trinajstić information content (AvgIpc) is 2.78. The maximum Gasteiger partial charge on any atom is 0.270 e. The van der Waals surface area contributed by atoms with Gasteiger partial charge in [-0.15, -0.1) is 0 Å². The predicted octanol–water partition coefficient (Wildman–Crippen LogP) is 1.89. The van der Waals surface area contributed by atoms with Gasteiger partial charge in [0.25, 0.3) is 5.91 Å². The number of aliphatic hydroxyl groups excluding tert-OH is 1. The lowest BCUT2D eigenvalue weighted by Gasteiger charge is -2.19. The number of rotatable bonds is 5. The highest BCUT2D eigenvalue weighted by Gasteiger charge is 2.19. The second-order valence-corrected chi connectivity index (χ2v) is 5.24. The highest BCUT2D eigenvalue weighted by atomic mass is 16.3. The Morgan fingerprint density at radius 1 is 1.33 bits per heavy atom. The lowest BCUT2D eigenvalue weighted by atomic mass is 10.0. The van der Waals surface area contributed by atoms with E-state index in [1.807, 2.05) is 38.1 Å². The molecule has 1 aromatic heterocycles. The van der Waals surface area contributed by atoms with Crippen molar-refractivity contribution in [3.63, 3.8) is 0 Å². The van der Waals surface area contributed by atoms with Crippen molar-refractivity contribution in [2.75, 3.05) is 6.61 Å². The van der Waals surface area contributed by atoms with Crippen LogP contribution in [0.25, 0.3) is 0 Å². The molecule has 2 N–H and O–H groups in total. The molecule has 0 aliphatic rings. The van der Waals surface area contributed by atoms with Crippen molar-refractivity contribution in [1.29, 1.82) is 0 Å². The van der Waals surface area contributed by atoms with Gasteiger partial charge in [0.05, 0.1) is 18.1 Å². The van der Waals surface area contributed by atoms with Gasteiger partial charge in [0.15, 0.2) is 0 Å². The summed E-state index contributed by atoms with van der Waals surface area (Å²) in [5, 5.41) is 12.2. The normalized spacial score (nSPS) is 12.2. The van der Waals surface area contributed by atoms with Gasteiger partial charge in [-0.05, 0) is 25.8 Å². The summed E-state index contributed by atoms with van der Waals surface area (Å²) in [4.78, 5) is 16.5. The summed E-state index contributed by atoms with van der Waals surface area (Å²) in [7, 11) is 1.79. The summed E-state index contributed by atoms with van der Waals surface area (Å²) in [5.41, 5.74) is 3.39. The first-order valence-corrected chi connectivity index (χ1v) is 6.99. The van der Waals surface area contributed by atoms with Crippen LogP contribution in [0.1, 0.15) is 39.8 Å². The van der Waals surface area contributed by atoms with Crippen LogP contribution in [0.2, 0.25) is 0 Å². The van der Waals surface area contributed by atoms with Gasteiger partial charge in [-0.3, -0.25) is 4.79 Å². The molecule has 0 aliphatic carbocycles. The topological polar surface area (TPSA) is 67.2 Å². The average molecular weight is 287 g/mol. The van der Waals surface area contributed by atoms with Crippen molar-refractivity contribution >= 4 is 5.91 Å². The number of hydrogen-bond acceptors (Lipinski definition) is 3. The summed E-state index contributed by atoms with van der Waals surface area (Å²) < 4.78 is 1.70. The fourth-order valence-corrected chi connectivity index (χ4v) is 2.35. The number of nitrogens with one attached hydrogen (secondary N) is 1. The maximum atomic E-state index is 12.4. The van der Waals surface area contributed by atoms with Crippen LogP contribution in [0.5, 0.6) is 0 Å². The Morgan fingerprint density at radius 2 is 2.00 bits per heavy atom. The van der Waals surface area contributed by atoms with E-state index in [2.05, 4.69) is 10.3 Å². The van der Waals surface area contributed by atoms with E-state index in [4.69, 9.17) is 0 Å². The number of benzene rings is 1. The lowest BCUT2D eigenvalue weighted by Crippen LogP contribution is -2.31.